The SMILES string of the molecule is O=C(Nc1ncccn1)C1Cc2ccccc2N1. The summed E-state index contributed by atoms with van der Waals surface area (Å²) >= 11 is 0. The van der Waals surface area contributed by atoms with Gasteiger partial charge < -0.3 is 5.32 Å². The molecule has 5 heteroatoms. The second-order valence-electron chi connectivity index (χ2n) is 4.12. The van der Waals surface area contributed by atoms with Crippen LogP contribution < -0.4 is 10.6 Å². The first-order chi connectivity index (χ1) is 8.83. The van der Waals surface area contributed by atoms with Gasteiger partial charge in [0.15, 0.2) is 0 Å². The largest absolute Gasteiger partial charge is 0.373 e. The maximum Gasteiger partial charge on any atom is 0.249 e. The van der Waals surface area contributed by atoms with Gasteiger partial charge in [0.25, 0.3) is 0 Å². The molecular weight excluding hydrogens is 228 g/mol. The van der Waals surface area contributed by atoms with Crippen LogP contribution in [0.15, 0.2) is 42.7 Å². The third kappa shape index (κ3) is 2.02. The van der Waals surface area contributed by atoms with Crippen molar-refractivity contribution < 1.29 is 4.79 Å². The highest BCUT2D eigenvalue weighted by Crippen LogP contribution is 2.25. The molecule has 1 amide bonds. The van der Waals surface area contributed by atoms with Gasteiger partial charge in [-0.15, -0.1) is 0 Å². The number of rotatable bonds is 2. The lowest BCUT2D eigenvalue weighted by atomic mass is 10.1. The van der Waals surface area contributed by atoms with Crippen molar-refractivity contribution in [3.63, 3.8) is 0 Å². The summed E-state index contributed by atoms with van der Waals surface area (Å²) in [6.45, 7) is 0. The van der Waals surface area contributed by atoms with Crippen molar-refractivity contribution in [2.75, 3.05) is 10.6 Å². The van der Waals surface area contributed by atoms with Gasteiger partial charge in [-0.05, 0) is 17.7 Å². The molecule has 1 aliphatic rings. The topological polar surface area (TPSA) is 66.9 Å². The average molecular weight is 240 g/mol. The van der Waals surface area contributed by atoms with E-state index in [0.717, 1.165) is 11.3 Å². The molecule has 1 aliphatic heterocycles. The molecule has 0 fully saturated rings. The summed E-state index contributed by atoms with van der Waals surface area (Å²) in [6.07, 6.45) is 3.88. The molecule has 0 aliphatic carbocycles. The number of amides is 1. The number of carbonyl (C=O) groups is 1. The van der Waals surface area contributed by atoms with Gasteiger partial charge in [-0.1, -0.05) is 18.2 Å². The molecule has 2 heterocycles. The van der Waals surface area contributed by atoms with Gasteiger partial charge >= 0.3 is 0 Å². The Labute approximate surface area is 104 Å². The summed E-state index contributed by atoms with van der Waals surface area (Å²) in [4.78, 5) is 20.0. The minimum atomic E-state index is -0.258. The third-order valence-electron chi connectivity index (χ3n) is 2.89. The maximum absolute atomic E-state index is 12.0. The summed E-state index contributed by atoms with van der Waals surface area (Å²) in [5, 5.41) is 5.88. The molecule has 1 atom stereocenters. The van der Waals surface area contributed by atoms with Gasteiger partial charge in [0, 0.05) is 24.5 Å². The van der Waals surface area contributed by atoms with E-state index in [-0.39, 0.29) is 11.9 Å². The van der Waals surface area contributed by atoms with Gasteiger partial charge in [0.2, 0.25) is 11.9 Å². The van der Waals surface area contributed by atoms with E-state index in [1.54, 1.807) is 18.5 Å². The number of hydrogen-bond acceptors (Lipinski definition) is 4. The minimum absolute atomic E-state index is 0.114. The van der Waals surface area contributed by atoms with Crippen LogP contribution in [0.4, 0.5) is 11.6 Å². The van der Waals surface area contributed by atoms with E-state index in [4.69, 9.17) is 0 Å². The van der Waals surface area contributed by atoms with Crippen LogP contribution in [-0.4, -0.2) is 21.9 Å². The Balaban J connectivity index is 1.70. The van der Waals surface area contributed by atoms with Crippen LogP contribution in [0.25, 0.3) is 0 Å². The van der Waals surface area contributed by atoms with E-state index in [2.05, 4.69) is 20.6 Å². The summed E-state index contributed by atoms with van der Waals surface area (Å²) < 4.78 is 0. The van der Waals surface area contributed by atoms with Crippen molar-refractivity contribution in [2.45, 2.75) is 12.5 Å². The van der Waals surface area contributed by atoms with E-state index in [0.29, 0.717) is 12.4 Å². The highest BCUT2D eigenvalue weighted by atomic mass is 16.2. The van der Waals surface area contributed by atoms with E-state index in [9.17, 15) is 4.79 Å². The molecule has 1 aromatic carbocycles. The molecule has 0 bridgehead atoms. The molecule has 90 valence electrons. The number of fused-ring (bicyclic) bond motifs is 1. The predicted octanol–water partition coefficient (Wildman–Crippen LogP) is 1.45. The van der Waals surface area contributed by atoms with Crippen LogP contribution in [0, 0.1) is 0 Å². The number of aromatic nitrogens is 2. The number of hydrogen-bond donors (Lipinski definition) is 2. The quantitative estimate of drug-likeness (QED) is 0.833. The third-order valence-corrected chi connectivity index (χ3v) is 2.89. The number of carbonyl (C=O) groups excluding carboxylic acids is 1. The first-order valence-electron chi connectivity index (χ1n) is 5.75. The van der Waals surface area contributed by atoms with Gasteiger partial charge in [-0.3, -0.25) is 10.1 Å². The predicted molar refractivity (Wildman–Crippen MR) is 68.2 cm³/mol. The summed E-state index contributed by atoms with van der Waals surface area (Å²) in [5.41, 5.74) is 2.18. The zero-order valence-corrected chi connectivity index (χ0v) is 9.63. The Bertz CT molecular complexity index is 545. The second-order valence-corrected chi connectivity index (χ2v) is 4.12. The van der Waals surface area contributed by atoms with Crippen LogP contribution in [0.1, 0.15) is 5.56 Å². The highest BCUT2D eigenvalue weighted by Gasteiger charge is 2.26. The zero-order chi connectivity index (χ0) is 12.4. The lowest BCUT2D eigenvalue weighted by molar-refractivity contribution is -0.116. The lowest BCUT2D eigenvalue weighted by Crippen LogP contribution is -2.33. The molecule has 0 spiro atoms. The maximum atomic E-state index is 12.0. The number of nitrogens with one attached hydrogen (secondary N) is 2. The summed E-state index contributed by atoms with van der Waals surface area (Å²) in [7, 11) is 0. The molecule has 0 radical (unpaired) electrons. The molecule has 3 rings (SSSR count). The van der Waals surface area contributed by atoms with Crippen LogP contribution in [0.2, 0.25) is 0 Å². The van der Waals surface area contributed by atoms with Crippen molar-refractivity contribution in [1.29, 1.82) is 0 Å². The number of benzene rings is 1. The van der Waals surface area contributed by atoms with Gasteiger partial charge in [-0.25, -0.2) is 9.97 Å². The van der Waals surface area contributed by atoms with Crippen LogP contribution >= 0.6 is 0 Å². The fraction of sp³-hybridized carbons (Fsp3) is 0.154. The van der Waals surface area contributed by atoms with Crippen molar-refractivity contribution in [1.82, 2.24) is 9.97 Å². The number of para-hydroxylation sites is 1. The van der Waals surface area contributed by atoms with Gasteiger partial charge in [0.05, 0.1) is 0 Å². The zero-order valence-electron chi connectivity index (χ0n) is 9.63. The monoisotopic (exact) mass is 240 g/mol. The van der Waals surface area contributed by atoms with Gasteiger partial charge in [-0.2, -0.15) is 0 Å². The van der Waals surface area contributed by atoms with Crippen molar-refractivity contribution in [2.24, 2.45) is 0 Å². The molecule has 18 heavy (non-hydrogen) atoms. The number of anilines is 2. The Morgan fingerprint density at radius 2 is 2.00 bits per heavy atom. The summed E-state index contributed by atoms with van der Waals surface area (Å²) in [5.74, 6) is 0.220. The average Bonchev–Trinajstić information content (AvgIpc) is 2.84. The van der Waals surface area contributed by atoms with Gasteiger partial charge in [0.1, 0.15) is 6.04 Å². The highest BCUT2D eigenvalue weighted by molar-refractivity contribution is 5.96. The molecule has 1 unspecified atom stereocenters. The van der Waals surface area contributed by atoms with Crippen molar-refractivity contribution in [3.05, 3.63) is 48.3 Å². The lowest BCUT2D eigenvalue weighted by Gasteiger charge is -2.10. The smallest absolute Gasteiger partial charge is 0.249 e. The Kier molecular flexibility index (Phi) is 2.64. The van der Waals surface area contributed by atoms with E-state index < -0.39 is 0 Å². The van der Waals surface area contributed by atoms with Crippen LogP contribution in [0.3, 0.4) is 0 Å². The van der Waals surface area contributed by atoms with Crippen LogP contribution in [0.5, 0.6) is 0 Å². The number of nitrogens with zero attached hydrogens (tertiary/aromatic N) is 2. The molecule has 0 saturated carbocycles. The first-order valence-corrected chi connectivity index (χ1v) is 5.75. The van der Waals surface area contributed by atoms with E-state index in [1.807, 2.05) is 24.3 Å². The molecule has 2 aromatic rings. The van der Waals surface area contributed by atoms with Crippen molar-refractivity contribution >= 4 is 17.5 Å². The Morgan fingerprint density at radius 3 is 2.78 bits per heavy atom. The Morgan fingerprint density at radius 1 is 1.22 bits per heavy atom. The summed E-state index contributed by atoms with van der Waals surface area (Å²) in [6, 6.07) is 9.37. The van der Waals surface area contributed by atoms with E-state index in [1.165, 1.54) is 0 Å². The molecule has 1 aromatic heterocycles. The second kappa shape index (κ2) is 4.44. The van der Waals surface area contributed by atoms with E-state index >= 15 is 0 Å². The minimum Gasteiger partial charge on any atom is -0.373 e. The molecule has 2 N–H and O–H groups in total. The fourth-order valence-electron chi connectivity index (χ4n) is 2.02. The molecular formula is C13H12N4O. The fourth-order valence-corrected chi connectivity index (χ4v) is 2.02. The van der Waals surface area contributed by atoms with Crippen molar-refractivity contribution in [3.8, 4) is 0 Å². The molecule has 5 nitrogen and oxygen atoms in total. The Hall–Kier alpha value is -2.43. The standard InChI is InChI=1S/C13H12N4O/c18-12(17-13-14-6-3-7-15-13)11-8-9-4-1-2-5-10(9)16-11/h1-7,11,16H,8H2,(H,14,15,17,18). The first kappa shape index (κ1) is 10.7. The van der Waals surface area contributed by atoms with Crippen LogP contribution in [-0.2, 0) is 11.2 Å². The normalized spacial score (nSPS) is 16.8. The molecule has 0 saturated heterocycles.